The molecule has 166 valence electrons. The molecule has 3 saturated carbocycles. The molecule has 0 heterocycles. The molecule has 4 aliphatic rings. The molecular formula is C24H28O7. The molecule has 2 N–H and O–H groups in total. The average Bonchev–Trinajstić information content (AvgIpc) is 2.99. The largest absolute Gasteiger partial charge is 0.427 e. The maximum atomic E-state index is 13.6. The van der Waals surface area contributed by atoms with Crippen molar-refractivity contribution in [1.82, 2.24) is 0 Å². The van der Waals surface area contributed by atoms with Gasteiger partial charge >= 0.3 is 5.97 Å². The number of hydrogen-bond acceptors (Lipinski definition) is 7. The fourth-order valence-corrected chi connectivity index (χ4v) is 6.98. The van der Waals surface area contributed by atoms with Gasteiger partial charge in [0, 0.05) is 29.9 Å². The third kappa shape index (κ3) is 2.79. The number of ether oxygens (including phenoxy) is 1. The summed E-state index contributed by atoms with van der Waals surface area (Å²) in [5.74, 6) is -2.38. The van der Waals surface area contributed by atoms with Gasteiger partial charge in [-0.15, -0.1) is 0 Å². The second-order valence-corrected chi connectivity index (χ2v) is 9.74. The average molecular weight is 428 g/mol. The fourth-order valence-electron chi connectivity index (χ4n) is 6.98. The first kappa shape index (κ1) is 21.8. The summed E-state index contributed by atoms with van der Waals surface area (Å²) in [4.78, 5) is 50.3. The molecule has 0 unspecified atom stereocenters. The summed E-state index contributed by atoms with van der Waals surface area (Å²) < 4.78 is 5.47. The van der Waals surface area contributed by atoms with Crippen LogP contribution in [0.15, 0.2) is 36.1 Å². The molecule has 0 spiro atoms. The molecule has 0 bridgehead atoms. The zero-order valence-corrected chi connectivity index (χ0v) is 17.8. The summed E-state index contributed by atoms with van der Waals surface area (Å²) >= 11 is 0. The van der Waals surface area contributed by atoms with Crippen molar-refractivity contribution >= 4 is 23.3 Å². The van der Waals surface area contributed by atoms with E-state index in [-0.39, 0.29) is 42.0 Å². The molecular weight excluding hydrogens is 400 g/mol. The first-order valence-electron chi connectivity index (χ1n) is 10.7. The molecule has 0 amide bonds. The van der Waals surface area contributed by atoms with E-state index in [2.05, 4.69) is 6.58 Å². The van der Waals surface area contributed by atoms with E-state index in [9.17, 15) is 29.4 Å². The molecule has 0 aliphatic heterocycles. The number of aliphatic hydroxyl groups excluding tert-OH is 1. The highest BCUT2D eigenvalue weighted by atomic mass is 16.5. The Morgan fingerprint density at radius 2 is 1.97 bits per heavy atom. The van der Waals surface area contributed by atoms with Crippen LogP contribution in [0.3, 0.4) is 0 Å². The van der Waals surface area contributed by atoms with Crippen molar-refractivity contribution in [3.8, 4) is 0 Å². The molecule has 0 aromatic rings. The van der Waals surface area contributed by atoms with Crippen LogP contribution in [0, 0.1) is 28.6 Å². The van der Waals surface area contributed by atoms with Crippen molar-refractivity contribution < 1.29 is 34.1 Å². The third-order valence-electron chi connectivity index (χ3n) is 8.53. The van der Waals surface area contributed by atoms with Gasteiger partial charge in [-0.25, -0.2) is 4.79 Å². The summed E-state index contributed by atoms with van der Waals surface area (Å²) in [7, 11) is 0. The maximum Gasteiger partial charge on any atom is 0.335 e. The van der Waals surface area contributed by atoms with Crippen molar-refractivity contribution in [3.05, 3.63) is 36.1 Å². The quantitative estimate of drug-likeness (QED) is 0.518. The summed E-state index contributed by atoms with van der Waals surface area (Å²) in [6.07, 6.45) is 5.77. The Balaban J connectivity index is 1.78. The second kappa shape index (κ2) is 7.07. The minimum atomic E-state index is -1.74. The Morgan fingerprint density at radius 3 is 2.61 bits per heavy atom. The first-order valence-corrected chi connectivity index (χ1v) is 10.7. The molecule has 0 radical (unpaired) electrons. The third-order valence-corrected chi connectivity index (χ3v) is 8.53. The highest BCUT2D eigenvalue weighted by molar-refractivity contribution is 6.03. The minimum absolute atomic E-state index is 0.0133. The number of esters is 1. The van der Waals surface area contributed by atoms with Gasteiger partial charge in [-0.1, -0.05) is 19.1 Å². The standard InChI is InChI=1S/C24H28O7/c1-4-20(29)31-19-10-14(26)9-13-5-6-15-16-7-8-24(30,18(28)12-25)22(16,2)11-17(27)21(15)23(13,19)3/h4,9-10,15-16,21,25,30H,1,5-8,11-12H2,2-3H3/t15-,16-,21+,22-,23+,24-/m0/s1. The molecule has 4 aliphatic carbocycles. The number of allylic oxidation sites excluding steroid dienone is 3. The van der Waals surface area contributed by atoms with Crippen LogP contribution < -0.4 is 0 Å². The SMILES string of the molecule is C=CC(=O)OC1=CC(=O)C=C2CC[C@@H]3[C@H](C(=O)C[C@@]4(C)[C@H]3CC[C@]4(O)C(=O)CO)[C@]21C. The molecule has 31 heavy (non-hydrogen) atoms. The van der Waals surface area contributed by atoms with Gasteiger partial charge in [0.05, 0.1) is 5.41 Å². The van der Waals surface area contributed by atoms with Gasteiger partial charge < -0.3 is 14.9 Å². The van der Waals surface area contributed by atoms with Crippen LogP contribution in [-0.2, 0) is 23.9 Å². The highest BCUT2D eigenvalue weighted by Crippen LogP contribution is 2.67. The predicted molar refractivity (Wildman–Crippen MR) is 109 cm³/mol. The van der Waals surface area contributed by atoms with E-state index in [1.807, 2.05) is 6.92 Å². The summed E-state index contributed by atoms with van der Waals surface area (Å²) in [6.45, 7) is 6.26. The van der Waals surface area contributed by atoms with E-state index in [1.54, 1.807) is 6.92 Å². The van der Waals surface area contributed by atoms with Crippen LogP contribution in [-0.4, -0.2) is 45.7 Å². The van der Waals surface area contributed by atoms with Crippen LogP contribution in [0.1, 0.15) is 46.0 Å². The van der Waals surface area contributed by atoms with Gasteiger partial charge in [0.1, 0.15) is 23.8 Å². The predicted octanol–water partition coefficient (Wildman–Crippen LogP) is 1.82. The van der Waals surface area contributed by atoms with Gasteiger partial charge in [-0.3, -0.25) is 14.4 Å². The number of rotatable bonds is 4. The van der Waals surface area contributed by atoms with Gasteiger partial charge in [0.2, 0.25) is 0 Å². The number of Topliss-reactive ketones (excluding diaryl/α,β-unsaturated/α-hetero) is 2. The van der Waals surface area contributed by atoms with Gasteiger partial charge in [-0.2, -0.15) is 0 Å². The van der Waals surface area contributed by atoms with E-state index in [0.29, 0.717) is 19.3 Å². The fraction of sp³-hybridized carbons (Fsp3) is 0.583. The number of ketones is 3. The summed E-state index contributed by atoms with van der Waals surface area (Å²) in [5, 5.41) is 20.7. The molecule has 0 aromatic carbocycles. The Kier molecular flexibility index (Phi) is 4.98. The molecule has 4 rings (SSSR count). The maximum absolute atomic E-state index is 13.6. The molecule has 6 atom stereocenters. The summed E-state index contributed by atoms with van der Waals surface area (Å²) in [6, 6.07) is 0. The van der Waals surface area contributed by atoms with Crippen LogP contribution in [0.2, 0.25) is 0 Å². The van der Waals surface area contributed by atoms with Crippen LogP contribution in [0.4, 0.5) is 0 Å². The lowest BCUT2D eigenvalue weighted by Crippen LogP contribution is -2.61. The Morgan fingerprint density at radius 1 is 1.26 bits per heavy atom. The van der Waals surface area contributed by atoms with Crippen LogP contribution in [0.25, 0.3) is 0 Å². The van der Waals surface area contributed by atoms with Crippen molar-refractivity contribution in [2.75, 3.05) is 6.61 Å². The molecule has 7 heteroatoms. The number of fused-ring (bicyclic) bond motifs is 5. The van der Waals surface area contributed by atoms with Crippen molar-refractivity contribution in [2.24, 2.45) is 28.6 Å². The molecule has 0 aromatic heterocycles. The lowest BCUT2D eigenvalue weighted by Gasteiger charge is -2.57. The first-order chi connectivity index (χ1) is 14.5. The van der Waals surface area contributed by atoms with Gasteiger partial charge in [0.25, 0.3) is 0 Å². The lowest BCUT2D eigenvalue weighted by molar-refractivity contribution is -0.170. The zero-order valence-electron chi connectivity index (χ0n) is 17.8. The Labute approximate surface area is 180 Å². The number of aliphatic hydroxyl groups is 2. The van der Waals surface area contributed by atoms with Crippen molar-refractivity contribution in [3.63, 3.8) is 0 Å². The summed E-state index contributed by atoms with van der Waals surface area (Å²) in [5.41, 5.74) is -2.88. The zero-order chi connectivity index (χ0) is 22.8. The van der Waals surface area contributed by atoms with E-state index in [1.165, 1.54) is 12.2 Å². The lowest BCUT2D eigenvalue weighted by atomic mass is 9.46. The van der Waals surface area contributed by atoms with Gasteiger partial charge in [0.15, 0.2) is 11.6 Å². The number of carbonyl (C=O) groups excluding carboxylic acids is 4. The number of hydrogen-bond donors (Lipinski definition) is 2. The molecule has 0 saturated heterocycles. The van der Waals surface area contributed by atoms with Crippen molar-refractivity contribution in [1.29, 1.82) is 0 Å². The normalized spacial score (nSPS) is 41.4. The van der Waals surface area contributed by atoms with E-state index < -0.39 is 40.7 Å². The molecule has 3 fully saturated rings. The number of carbonyl (C=O) groups is 4. The molecule has 7 nitrogen and oxygen atoms in total. The Bertz CT molecular complexity index is 959. The monoisotopic (exact) mass is 428 g/mol. The minimum Gasteiger partial charge on any atom is -0.427 e. The smallest absolute Gasteiger partial charge is 0.335 e. The van der Waals surface area contributed by atoms with Crippen LogP contribution >= 0.6 is 0 Å². The second-order valence-electron chi connectivity index (χ2n) is 9.74. The Hall–Kier alpha value is -2.38. The van der Waals surface area contributed by atoms with E-state index >= 15 is 0 Å². The van der Waals surface area contributed by atoms with Crippen molar-refractivity contribution in [2.45, 2.75) is 51.6 Å². The van der Waals surface area contributed by atoms with Crippen LogP contribution in [0.5, 0.6) is 0 Å². The highest BCUT2D eigenvalue weighted by Gasteiger charge is 2.69. The van der Waals surface area contributed by atoms with E-state index in [0.717, 1.165) is 11.6 Å². The van der Waals surface area contributed by atoms with E-state index in [4.69, 9.17) is 4.74 Å². The van der Waals surface area contributed by atoms with Gasteiger partial charge in [-0.05, 0) is 50.5 Å². The topological polar surface area (TPSA) is 118 Å².